The van der Waals surface area contributed by atoms with Gasteiger partial charge in [-0.25, -0.2) is 9.18 Å². The molecule has 0 radical (unpaired) electrons. The first-order valence-corrected chi connectivity index (χ1v) is 15.4. The van der Waals surface area contributed by atoms with Crippen molar-refractivity contribution in [2.45, 2.75) is 70.8 Å². The molecule has 228 valence electrons. The van der Waals surface area contributed by atoms with Crippen LogP contribution in [0.25, 0.3) is 10.9 Å². The number of carbonyl (C=O) groups is 3. The molecule has 1 saturated carbocycles. The first-order chi connectivity index (χ1) is 19.9. The number of fused-ring (bicyclic) bond motifs is 1. The van der Waals surface area contributed by atoms with Gasteiger partial charge in [0.2, 0.25) is 11.8 Å². The number of hydrogen-bond donors (Lipinski definition) is 1. The number of imide groups is 1. The Morgan fingerprint density at radius 3 is 2.43 bits per heavy atom. The summed E-state index contributed by atoms with van der Waals surface area (Å²) in [6, 6.07) is 3.68. The summed E-state index contributed by atoms with van der Waals surface area (Å²) in [4.78, 5) is 42.9. The number of anilines is 1. The second-order valence-electron chi connectivity index (χ2n) is 13.9. The number of hydrogen-bond acceptors (Lipinski definition) is 7. The molecule has 1 N–H and O–H groups in total. The fourth-order valence-electron chi connectivity index (χ4n) is 7.34. The van der Waals surface area contributed by atoms with Crippen LogP contribution < -0.4 is 10.2 Å². The van der Waals surface area contributed by atoms with E-state index in [-0.39, 0.29) is 35.6 Å². The van der Waals surface area contributed by atoms with E-state index in [1.165, 1.54) is 17.5 Å². The van der Waals surface area contributed by atoms with E-state index in [0.717, 1.165) is 58.7 Å². The van der Waals surface area contributed by atoms with Crippen molar-refractivity contribution < 1.29 is 23.5 Å². The molecular weight excluding hydrogens is 539 g/mol. The lowest BCUT2D eigenvalue weighted by molar-refractivity contribution is -0.134. The van der Waals surface area contributed by atoms with Gasteiger partial charge in [0.25, 0.3) is 0 Å². The summed E-state index contributed by atoms with van der Waals surface area (Å²) in [7, 11) is 1.70. The number of benzene rings is 1. The van der Waals surface area contributed by atoms with Crippen molar-refractivity contribution >= 4 is 34.5 Å². The van der Waals surface area contributed by atoms with Gasteiger partial charge in [-0.05, 0) is 70.9 Å². The van der Waals surface area contributed by atoms with Crippen LogP contribution in [0.5, 0.6) is 0 Å². The average Bonchev–Trinajstić information content (AvgIpc) is 3.24. The van der Waals surface area contributed by atoms with Crippen LogP contribution in [-0.2, 0) is 21.4 Å². The molecule has 42 heavy (non-hydrogen) atoms. The largest absolute Gasteiger partial charge is 0.444 e. The van der Waals surface area contributed by atoms with Crippen LogP contribution in [0.2, 0.25) is 0 Å². The quantitative estimate of drug-likeness (QED) is 0.548. The van der Waals surface area contributed by atoms with E-state index >= 15 is 4.39 Å². The Kier molecular flexibility index (Phi) is 7.43. The highest BCUT2D eigenvalue weighted by atomic mass is 19.1. The molecule has 4 aliphatic rings. The molecule has 10 nitrogen and oxygen atoms in total. The van der Waals surface area contributed by atoms with Crippen LogP contribution in [0.4, 0.5) is 14.9 Å². The number of rotatable bonds is 4. The van der Waals surface area contributed by atoms with Crippen LogP contribution in [0.3, 0.4) is 0 Å². The number of likely N-dealkylation sites (tertiary alicyclic amines) is 1. The van der Waals surface area contributed by atoms with Gasteiger partial charge < -0.3 is 14.5 Å². The zero-order chi connectivity index (χ0) is 29.8. The lowest BCUT2D eigenvalue weighted by atomic mass is 9.66. The van der Waals surface area contributed by atoms with Gasteiger partial charge in [-0.3, -0.25) is 24.5 Å². The number of halogens is 1. The van der Waals surface area contributed by atoms with E-state index in [1.54, 1.807) is 7.05 Å². The third kappa shape index (κ3) is 5.59. The van der Waals surface area contributed by atoms with Crippen molar-refractivity contribution in [3.8, 4) is 0 Å². The van der Waals surface area contributed by atoms with E-state index in [0.29, 0.717) is 34.6 Å². The summed E-state index contributed by atoms with van der Waals surface area (Å²) in [6.07, 6.45) is 5.14. The first-order valence-electron chi connectivity index (χ1n) is 15.4. The number of aromatic nitrogens is 2. The summed E-state index contributed by atoms with van der Waals surface area (Å²) < 4.78 is 22.9. The Labute approximate surface area is 246 Å². The highest BCUT2D eigenvalue weighted by molar-refractivity contribution is 6.02. The molecule has 1 aliphatic carbocycles. The van der Waals surface area contributed by atoms with Gasteiger partial charge in [-0.2, -0.15) is 5.10 Å². The number of piperazine rings is 1. The maximum Gasteiger partial charge on any atom is 0.410 e. The monoisotopic (exact) mass is 582 g/mol. The molecule has 0 bridgehead atoms. The van der Waals surface area contributed by atoms with Crippen LogP contribution in [0.15, 0.2) is 12.1 Å². The maximum atomic E-state index is 15.9. The zero-order valence-corrected chi connectivity index (χ0v) is 25.2. The van der Waals surface area contributed by atoms with Crippen LogP contribution in [0.1, 0.15) is 70.9 Å². The summed E-state index contributed by atoms with van der Waals surface area (Å²) in [5, 5.41) is 7.52. The molecule has 3 aliphatic heterocycles. The maximum absolute atomic E-state index is 15.9. The van der Waals surface area contributed by atoms with E-state index in [2.05, 4.69) is 20.2 Å². The lowest BCUT2D eigenvalue weighted by Crippen LogP contribution is -2.60. The molecule has 1 atom stereocenters. The molecule has 11 heteroatoms. The molecule has 1 aromatic carbocycles. The molecule has 4 fully saturated rings. The minimum absolute atomic E-state index is 0.193. The minimum atomic E-state index is -0.553. The van der Waals surface area contributed by atoms with E-state index in [9.17, 15) is 14.4 Å². The molecule has 3 amide bonds. The van der Waals surface area contributed by atoms with Gasteiger partial charge in [-0.15, -0.1) is 0 Å². The highest BCUT2D eigenvalue weighted by Gasteiger charge is 2.48. The Bertz CT molecular complexity index is 1380. The second-order valence-corrected chi connectivity index (χ2v) is 13.9. The fourth-order valence-corrected chi connectivity index (χ4v) is 7.34. The van der Waals surface area contributed by atoms with Gasteiger partial charge in [0.15, 0.2) is 5.82 Å². The number of carbonyl (C=O) groups excluding carboxylic acids is 3. The summed E-state index contributed by atoms with van der Waals surface area (Å²) in [6.45, 7) is 11.7. The van der Waals surface area contributed by atoms with Crippen molar-refractivity contribution in [3.63, 3.8) is 0 Å². The number of aryl methyl sites for hydroxylation is 1. The summed E-state index contributed by atoms with van der Waals surface area (Å²) >= 11 is 0. The summed E-state index contributed by atoms with van der Waals surface area (Å²) in [5.74, 6) is -0.848. The lowest BCUT2D eigenvalue weighted by Gasteiger charge is -2.53. The summed E-state index contributed by atoms with van der Waals surface area (Å²) in [5.41, 5.74) is 1.30. The van der Waals surface area contributed by atoms with Gasteiger partial charge in [0.05, 0.1) is 17.3 Å². The predicted molar refractivity (Wildman–Crippen MR) is 157 cm³/mol. The Balaban J connectivity index is 1.01. The number of amides is 3. The normalized spacial score (nSPS) is 23.8. The van der Waals surface area contributed by atoms with Gasteiger partial charge >= 0.3 is 6.09 Å². The smallest absolute Gasteiger partial charge is 0.410 e. The van der Waals surface area contributed by atoms with E-state index < -0.39 is 11.5 Å². The molecule has 2 aromatic rings. The van der Waals surface area contributed by atoms with Crippen molar-refractivity contribution in [2.75, 3.05) is 50.7 Å². The number of piperidine rings is 1. The number of nitrogens with one attached hydrogen (secondary N) is 1. The van der Waals surface area contributed by atoms with Crippen LogP contribution >= 0.6 is 0 Å². The van der Waals surface area contributed by atoms with E-state index in [4.69, 9.17) is 4.74 Å². The van der Waals surface area contributed by atoms with Gasteiger partial charge in [-0.1, -0.05) is 0 Å². The van der Waals surface area contributed by atoms with Crippen molar-refractivity contribution in [1.29, 1.82) is 0 Å². The number of nitrogens with zero attached hydrogens (tertiary/aromatic N) is 5. The van der Waals surface area contributed by atoms with Crippen LogP contribution in [-0.4, -0.2) is 88.9 Å². The van der Waals surface area contributed by atoms with E-state index in [1.807, 2.05) is 37.8 Å². The Hall–Kier alpha value is -3.21. The van der Waals surface area contributed by atoms with Crippen molar-refractivity contribution in [3.05, 3.63) is 23.6 Å². The second kappa shape index (κ2) is 10.8. The molecular formula is C31H43FN6O4. The molecule has 4 heterocycles. The fraction of sp³-hybridized carbons (Fsp3) is 0.677. The zero-order valence-electron chi connectivity index (χ0n) is 25.2. The Morgan fingerprint density at radius 2 is 1.79 bits per heavy atom. The molecule has 1 unspecified atom stereocenters. The standard InChI is InChI=1S/C31H43FN6O4/c1-30(2,3)42-29(41)38-18-31(19-38)11-9-20(10-12-31)17-36-13-15-37(16-14-36)23-7-5-21-26(34-35(4)27(21)25(23)32)22-6-8-24(39)33-28(22)40/h5,7,20,22H,6,8-19H2,1-4H3,(H,33,39,40). The molecule has 6 rings (SSSR count). The van der Waals surface area contributed by atoms with Crippen molar-refractivity contribution in [1.82, 2.24) is 24.9 Å². The third-order valence-electron chi connectivity index (χ3n) is 9.62. The molecule has 3 saturated heterocycles. The minimum Gasteiger partial charge on any atom is -0.444 e. The average molecular weight is 583 g/mol. The van der Waals surface area contributed by atoms with Crippen molar-refractivity contribution in [2.24, 2.45) is 18.4 Å². The molecule has 1 aromatic heterocycles. The van der Waals surface area contributed by atoms with Gasteiger partial charge in [0.1, 0.15) is 11.1 Å². The Morgan fingerprint density at radius 1 is 1.10 bits per heavy atom. The number of ether oxygens (including phenoxy) is 1. The SMILES string of the molecule is Cn1nc(C2CCC(=O)NC2=O)c2ccc(N3CCN(CC4CCC5(CC4)CN(C(=O)OC(C)(C)C)C5)CC3)c(F)c21. The van der Waals surface area contributed by atoms with Crippen LogP contribution in [0, 0.1) is 17.2 Å². The predicted octanol–water partition coefficient (Wildman–Crippen LogP) is 3.78. The first kappa shape index (κ1) is 28.9. The molecule has 1 spiro atoms. The third-order valence-corrected chi connectivity index (χ3v) is 9.62. The highest BCUT2D eigenvalue weighted by Crippen LogP contribution is 2.46. The van der Waals surface area contributed by atoms with Gasteiger partial charge in [0, 0.05) is 70.1 Å². The topological polar surface area (TPSA) is 100 Å².